The van der Waals surface area contributed by atoms with Crippen LogP contribution in [-0.4, -0.2) is 51.7 Å². The molecule has 1 N–H and O–H groups in total. The third-order valence-electron chi connectivity index (χ3n) is 4.77. The van der Waals surface area contributed by atoms with Crippen LogP contribution in [0.2, 0.25) is 0 Å². The lowest BCUT2D eigenvalue weighted by atomic mass is 10.1. The van der Waals surface area contributed by atoms with Gasteiger partial charge in [0.1, 0.15) is 5.69 Å². The number of nitrogens with one attached hydrogen (secondary N) is 1. The highest BCUT2D eigenvalue weighted by atomic mass is 35.5. The third-order valence-corrected chi connectivity index (χ3v) is 4.97. The van der Waals surface area contributed by atoms with Gasteiger partial charge in [-0.3, -0.25) is 9.69 Å². The van der Waals surface area contributed by atoms with Crippen LogP contribution in [0, 0.1) is 6.92 Å². The molecule has 2 aromatic heterocycles. The number of nitrogens with zero attached hydrogens (tertiary/aromatic N) is 4. The first-order valence-electron chi connectivity index (χ1n) is 9.44. The molecule has 1 aromatic carbocycles. The topological polar surface area (TPSA) is 71.8 Å². The molecule has 158 valence electrons. The molecule has 10 heteroatoms. The van der Waals surface area contributed by atoms with Crippen LogP contribution >= 0.6 is 11.6 Å². The Morgan fingerprint density at radius 3 is 2.77 bits per heavy atom. The molecule has 4 rings (SSSR count). The third kappa shape index (κ3) is 4.58. The van der Waals surface area contributed by atoms with Crippen LogP contribution in [0.25, 0.3) is 5.65 Å². The second-order valence-electron chi connectivity index (χ2n) is 7.12. The number of hydrogen-bond donors (Lipinski definition) is 1. The molecule has 7 nitrogen and oxygen atoms in total. The van der Waals surface area contributed by atoms with E-state index in [-0.39, 0.29) is 11.3 Å². The predicted octanol–water partition coefficient (Wildman–Crippen LogP) is 3.41. The summed E-state index contributed by atoms with van der Waals surface area (Å²) >= 11 is 5.19. The number of ether oxygens (including phenoxy) is 1. The summed E-state index contributed by atoms with van der Waals surface area (Å²) in [5.41, 5.74) is 1.53. The molecule has 0 atom stereocenters. The quantitative estimate of drug-likeness (QED) is 0.622. The van der Waals surface area contributed by atoms with E-state index in [1.165, 1.54) is 6.07 Å². The van der Waals surface area contributed by atoms with Gasteiger partial charge in [0, 0.05) is 37.1 Å². The van der Waals surface area contributed by atoms with Crippen molar-refractivity contribution in [2.24, 2.45) is 0 Å². The summed E-state index contributed by atoms with van der Waals surface area (Å²) < 4.78 is 33.7. The van der Waals surface area contributed by atoms with Gasteiger partial charge in [0.25, 0.3) is 5.91 Å². The van der Waals surface area contributed by atoms with E-state index in [4.69, 9.17) is 16.3 Å². The van der Waals surface area contributed by atoms with E-state index in [1.54, 1.807) is 13.0 Å². The van der Waals surface area contributed by atoms with Crippen LogP contribution in [0.5, 0.6) is 0 Å². The Balaban J connectivity index is 1.54. The van der Waals surface area contributed by atoms with Crippen LogP contribution < -0.4 is 5.32 Å². The molecule has 0 spiro atoms. The molecular weight excluding hydrogens is 416 g/mol. The van der Waals surface area contributed by atoms with E-state index in [2.05, 4.69) is 20.3 Å². The molecule has 1 aliphatic heterocycles. The van der Waals surface area contributed by atoms with Gasteiger partial charge in [-0.15, -0.1) is 0 Å². The molecule has 3 aromatic rings. The highest BCUT2D eigenvalue weighted by Crippen LogP contribution is 2.32. The molecule has 30 heavy (non-hydrogen) atoms. The monoisotopic (exact) mass is 435 g/mol. The molecule has 1 amide bonds. The molecule has 1 aliphatic rings. The maximum atomic E-state index is 13.7. The first-order chi connectivity index (χ1) is 14.3. The summed E-state index contributed by atoms with van der Waals surface area (Å²) in [5, 5.41) is 3.11. The maximum absolute atomic E-state index is 13.7. The van der Waals surface area contributed by atoms with Gasteiger partial charge in [-0.25, -0.2) is 9.50 Å². The second kappa shape index (κ2) is 8.25. The fourth-order valence-electron chi connectivity index (χ4n) is 3.37. The van der Waals surface area contributed by atoms with Crippen LogP contribution in [-0.2, 0) is 16.7 Å². The number of aryl methyl sites for hydroxylation is 1. The summed E-state index contributed by atoms with van der Waals surface area (Å²) in [5.74, 6) is -0.523. The molecule has 0 unspecified atom stereocenters. The number of amides is 1. The van der Waals surface area contributed by atoms with Gasteiger partial charge < -0.3 is 10.1 Å². The first-order valence-corrected chi connectivity index (χ1v) is 9.82. The van der Waals surface area contributed by atoms with Gasteiger partial charge in [-0.05, 0) is 42.3 Å². The Bertz CT molecular complexity index is 1080. The Morgan fingerprint density at radius 1 is 1.27 bits per heavy atom. The largest absolute Gasteiger partial charge is 0.379 e. The van der Waals surface area contributed by atoms with E-state index >= 15 is 0 Å². The number of fused-ring (bicyclic) bond motifs is 1. The van der Waals surface area contributed by atoms with Gasteiger partial charge in [0.15, 0.2) is 11.3 Å². The molecule has 3 heterocycles. The molecule has 0 radical (unpaired) electrons. The second-order valence-corrected chi connectivity index (χ2v) is 7.60. The van der Waals surface area contributed by atoms with Crippen LogP contribution in [0.4, 0.5) is 14.5 Å². The van der Waals surface area contributed by atoms with Crippen molar-refractivity contribution in [3.63, 3.8) is 0 Å². The Kier molecular flexibility index (Phi) is 5.68. The highest BCUT2D eigenvalue weighted by molar-refractivity contribution is 6.21. The lowest BCUT2D eigenvalue weighted by Crippen LogP contribution is -2.35. The average Bonchev–Trinajstić information content (AvgIpc) is 3.11. The summed E-state index contributed by atoms with van der Waals surface area (Å²) in [6.07, 6.45) is 0. The van der Waals surface area contributed by atoms with Crippen molar-refractivity contribution in [3.05, 3.63) is 59.0 Å². The number of hydrogen-bond acceptors (Lipinski definition) is 5. The minimum atomic E-state index is -3.64. The van der Waals surface area contributed by atoms with E-state index in [1.807, 2.05) is 18.2 Å². The zero-order valence-electron chi connectivity index (χ0n) is 16.2. The van der Waals surface area contributed by atoms with Crippen LogP contribution in [0.1, 0.15) is 27.4 Å². The fraction of sp³-hybridized carbons (Fsp3) is 0.350. The summed E-state index contributed by atoms with van der Waals surface area (Å²) in [6.45, 7) is 5.45. The van der Waals surface area contributed by atoms with Crippen molar-refractivity contribution in [3.8, 4) is 0 Å². The maximum Gasteiger partial charge on any atom is 0.364 e. The van der Waals surface area contributed by atoms with Crippen molar-refractivity contribution >= 4 is 28.8 Å². The number of carbonyl (C=O) groups excluding carboxylic acids is 1. The lowest BCUT2D eigenvalue weighted by molar-refractivity contribution is 0.0342. The van der Waals surface area contributed by atoms with Gasteiger partial charge in [-0.1, -0.05) is 12.1 Å². The molecule has 0 aliphatic carbocycles. The number of halogens is 3. The first kappa shape index (κ1) is 20.6. The highest BCUT2D eigenvalue weighted by Gasteiger charge is 2.32. The Hall–Kier alpha value is -2.62. The van der Waals surface area contributed by atoms with E-state index in [0.717, 1.165) is 35.8 Å². The van der Waals surface area contributed by atoms with Gasteiger partial charge in [0.05, 0.1) is 13.2 Å². The Morgan fingerprint density at radius 2 is 2.03 bits per heavy atom. The van der Waals surface area contributed by atoms with Crippen molar-refractivity contribution < 1.29 is 18.3 Å². The Labute approximate surface area is 176 Å². The number of aromatic nitrogens is 3. The number of carbonyl (C=O) groups is 1. The summed E-state index contributed by atoms with van der Waals surface area (Å²) in [7, 11) is 0. The van der Waals surface area contributed by atoms with E-state index < -0.39 is 17.0 Å². The number of anilines is 1. The average molecular weight is 436 g/mol. The zero-order chi connectivity index (χ0) is 21.3. The minimum Gasteiger partial charge on any atom is -0.379 e. The number of morpholine rings is 1. The number of alkyl halides is 3. The van der Waals surface area contributed by atoms with Gasteiger partial charge in [0.2, 0.25) is 0 Å². The summed E-state index contributed by atoms with van der Waals surface area (Å²) in [6, 6.07) is 9.97. The molecule has 1 saturated heterocycles. The van der Waals surface area contributed by atoms with Gasteiger partial charge >= 0.3 is 5.38 Å². The molecule has 1 fully saturated rings. The normalized spacial score (nSPS) is 15.5. The van der Waals surface area contributed by atoms with Crippen molar-refractivity contribution in [1.82, 2.24) is 19.5 Å². The molecular formula is C20H20ClF2N5O2. The fourth-order valence-corrected chi connectivity index (χ4v) is 3.51. The van der Waals surface area contributed by atoms with Crippen LogP contribution in [0.15, 0.2) is 36.4 Å². The van der Waals surface area contributed by atoms with E-state index in [9.17, 15) is 13.6 Å². The van der Waals surface area contributed by atoms with Crippen LogP contribution in [0.3, 0.4) is 0 Å². The summed E-state index contributed by atoms with van der Waals surface area (Å²) in [4.78, 5) is 19.1. The van der Waals surface area contributed by atoms with E-state index in [0.29, 0.717) is 24.6 Å². The smallest absolute Gasteiger partial charge is 0.364 e. The standard InChI is InChI=1S/C20H20ClF2N5O2/c1-13-9-17(20(21,22)23)28-18(24-13)11-16(26-28)19(29)25-15-4-2-3-14(10-15)12-27-5-7-30-8-6-27/h2-4,9-11H,5-8,12H2,1H3,(H,25,29). The SMILES string of the molecule is Cc1cc(C(F)(F)Cl)n2nc(C(=O)Nc3cccc(CN4CCOCC4)c3)cc2n1. The molecule has 0 bridgehead atoms. The number of benzene rings is 1. The van der Waals surface area contributed by atoms with Gasteiger partial charge in [-0.2, -0.15) is 13.9 Å². The predicted molar refractivity (Wildman–Crippen MR) is 108 cm³/mol. The lowest BCUT2D eigenvalue weighted by Gasteiger charge is -2.26. The zero-order valence-corrected chi connectivity index (χ0v) is 17.0. The van der Waals surface area contributed by atoms with Crippen molar-refractivity contribution in [2.75, 3.05) is 31.6 Å². The van der Waals surface area contributed by atoms with Crippen molar-refractivity contribution in [2.45, 2.75) is 18.9 Å². The van der Waals surface area contributed by atoms with Crippen molar-refractivity contribution in [1.29, 1.82) is 0 Å². The number of rotatable bonds is 5. The molecule has 0 saturated carbocycles. The minimum absolute atomic E-state index is 0.0335.